The van der Waals surface area contributed by atoms with Gasteiger partial charge in [-0.15, -0.1) is 0 Å². The number of halogens is 1. The number of H-pyrrole nitrogens is 1. The fourth-order valence-corrected chi connectivity index (χ4v) is 5.16. The van der Waals surface area contributed by atoms with Crippen molar-refractivity contribution in [2.75, 3.05) is 11.0 Å². The highest BCUT2D eigenvalue weighted by Crippen LogP contribution is 2.44. The molecule has 1 aromatic heterocycles. The number of fused-ring (bicyclic) bond motifs is 5. The zero-order valence-electron chi connectivity index (χ0n) is 18.1. The van der Waals surface area contributed by atoms with Crippen LogP contribution in [-0.4, -0.2) is 19.7 Å². The fourth-order valence-electron chi connectivity index (χ4n) is 4.60. The molecule has 1 aliphatic rings. The lowest BCUT2D eigenvalue weighted by atomic mass is 9.97. The van der Waals surface area contributed by atoms with Crippen molar-refractivity contribution in [3.8, 4) is 22.4 Å². The number of unbranched alkanes of at least 4 members (excludes halogenated alkanes) is 1. The normalized spacial score (nSPS) is 12.7. The van der Waals surface area contributed by atoms with Crippen LogP contribution in [0.25, 0.3) is 33.3 Å². The van der Waals surface area contributed by atoms with Gasteiger partial charge in [0.15, 0.2) is 0 Å². The molecular formula is C26H25FN2O2S. The lowest BCUT2D eigenvalue weighted by Crippen LogP contribution is -2.09. The highest BCUT2D eigenvalue weighted by molar-refractivity contribution is 7.92. The third-order valence-electron chi connectivity index (χ3n) is 6.14. The maximum Gasteiger partial charge on any atom is 0.229 e. The standard InChI is InChI=1S/C26H25FN2O2S/c1-3-4-5-16-6-8-17(9-7-16)20-12-10-18-14-22-21-15-19(29-32(2,30)31)11-13-23(21)28-26(22)24(18)25(20)27/h6-13,15,28-29H,3-5,14H2,1-2H3. The number of anilines is 1. The molecule has 1 aliphatic carbocycles. The van der Waals surface area contributed by atoms with Crippen LogP contribution < -0.4 is 4.72 Å². The molecule has 0 radical (unpaired) electrons. The Hall–Kier alpha value is -3.12. The number of aryl methyl sites for hydroxylation is 1. The fraction of sp³-hybridized carbons (Fsp3) is 0.231. The third kappa shape index (κ3) is 3.69. The van der Waals surface area contributed by atoms with Crippen molar-refractivity contribution < 1.29 is 12.8 Å². The van der Waals surface area contributed by atoms with E-state index in [1.807, 2.05) is 36.4 Å². The number of nitrogens with one attached hydrogen (secondary N) is 2. The Morgan fingerprint density at radius 2 is 1.84 bits per heavy atom. The van der Waals surface area contributed by atoms with Crippen LogP contribution in [0.15, 0.2) is 54.6 Å². The Labute approximate surface area is 187 Å². The van der Waals surface area contributed by atoms with Crippen LogP contribution in [0.2, 0.25) is 0 Å². The van der Waals surface area contributed by atoms with Gasteiger partial charge in [0.05, 0.1) is 11.9 Å². The summed E-state index contributed by atoms with van der Waals surface area (Å²) in [5.41, 5.74) is 7.44. The minimum atomic E-state index is -3.37. The number of hydrogen-bond acceptors (Lipinski definition) is 2. The Bertz CT molecular complexity index is 1440. The van der Waals surface area contributed by atoms with Crippen LogP contribution in [0, 0.1) is 5.82 Å². The first-order valence-electron chi connectivity index (χ1n) is 10.9. The first-order chi connectivity index (χ1) is 15.3. The molecule has 4 nitrogen and oxygen atoms in total. The summed E-state index contributed by atoms with van der Waals surface area (Å²) >= 11 is 0. The Morgan fingerprint density at radius 1 is 1.06 bits per heavy atom. The lowest BCUT2D eigenvalue weighted by Gasteiger charge is -2.10. The van der Waals surface area contributed by atoms with Crippen molar-refractivity contribution >= 4 is 26.6 Å². The quantitative estimate of drug-likeness (QED) is 0.322. The van der Waals surface area contributed by atoms with E-state index in [9.17, 15) is 8.42 Å². The van der Waals surface area contributed by atoms with Gasteiger partial charge in [0, 0.05) is 34.1 Å². The van der Waals surface area contributed by atoms with Crippen molar-refractivity contribution in [1.82, 2.24) is 4.98 Å². The SMILES string of the molecule is CCCCc1ccc(-c2ccc3c(c2F)-c2[nH]c4ccc(NS(C)(=O)=O)cc4c2C3)cc1. The first-order valence-corrected chi connectivity index (χ1v) is 12.8. The number of aromatic nitrogens is 1. The van der Waals surface area contributed by atoms with E-state index in [-0.39, 0.29) is 5.82 Å². The topological polar surface area (TPSA) is 62.0 Å². The van der Waals surface area contributed by atoms with E-state index in [2.05, 4.69) is 28.8 Å². The number of sulfonamides is 1. The summed E-state index contributed by atoms with van der Waals surface area (Å²) in [6.45, 7) is 2.18. The van der Waals surface area contributed by atoms with Crippen LogP contribution in [0.5, 0.6) is 0 Å². The third-order valence-corrected chi connectivity index (χ3v) is 6.75. The van der Waals surface area contributed by atoms with Crippen molar-refractivity contribution in [2.45, 2.75) is 32.6 Å². The average Bonchev–Trinajstić information content (AvgIpc) is 3.28. The summed E-state index contributed by atoms with van der Waals surface area (Å²) in [5, 5.41) is 0.908. The largest absolute Gasteiger partial charge is 0.354 e. The van der Waals surface area contributed by atoms with E-state index in [0.29, 0.717) is 23.2 Å². The molecule has 0 bridgehead atoms. The predicted octanol–water partition coefficient (Wildman–Crippen LogP) is 6.26. The van der Waals surface area contributed by atoms with Crippen molar-refractivity contribution in [3.63, 3.8) is 0 Å². The van der Waals surface area contributed by atoms with Crippen LogP contribution in [0.4, 0.5) is 10.1 Å². The summed E-state index contributed by atoms with van der Waals surface area (Å²) in [6.07, 6.45) is 5.08. The van der Waals surface area contributed by atoms with E-state index in [1.54, 1.807) is 6.07 Å². The van der Waals surface area contributed by atoms with E-state index in [1.165, 1.54) is 5.56 Å². The van der Waals surface area contributed by atoms with Gasteiger partial charge in [0.25, 0.3) is 0 Å². The zero-order chi connectivity index (χ0) is 22.5. The molecule has 32 heavy (non-hydrogen) atoms. The van der Waals surface area contributed by atoms with Crippen LogP contribution >= 0.6 is 0 Å². The molecule has 0 saturated carbocycles. The summed E-state index contributed by atoms with van der Waals surface area (Å²) < 4.78 is 41.5. The van der Waals surface area contributed by atoms with Crippen molar-refractivity contribution in [2.24, 2.45) is 0 Å². The summed E-state index contributed by atoms with van der Waals surface area (Å²) in [7, 11) is -3.37. The average molecular weight is 449 g/mol. The van der Waals surface area contributed by atoms with Gasteiger partial charge in [-0.1, -0.05) is 49.7 Å². The Morgan fingerprint density at radius 3 is 2.56 bits per heavy atom. The molecule has 0 unspecified atom stereocenters. The Balaban J connectivity index is 1.55. The first kappa shape index (κ1) is 20.8. The molecule has 0 atom stereocenters. The summed E-state index contributed by atoms with van der Waals surface area (Å²) in [4.78, 5) is 3.36. The minimum absolute atomic E-state index is 0.219. The molecule has 164 valence electrons. The maximum atomic E-state index is 15.8. The molecule has 0 aliphatic heterocycles. The monoisotopic (exact) mass is 448 g/mol. The van der Waals surface area contributed by atoms with E-state index in [4.69, 9.17) is 0 Å². The second kappa shape index (κ2) is 7.78. The molecule has 4 aromatic rings. The van der Waals surface area contributed by atoms with Crippen molar-refractivity contribution in [3.05, 3.63) is 77.1 Å². The summed E-state index contributed by atoms with van der Waals surface area (Å²) in [5.74, 6) is -0.219. The zero-order valence-corrected chi connectivity index (χ0v) is 18.9. The molecule has 2 N–H and O–H groups in total. The number of rotatable bonds is 6. The van der Waals surface area contributed by atoms with Gasteiger partial charge in [-0.05, 0) is 53.3 Å². The van der Waals surface area contributed by atoms with Gasteiger partial charge in [0.2, 0.25) is 10.0 Å². The molecule has 0 fully saturated rings. The van der Waals surface area contributed by atoms with E-state index >= 15 is 4.39 Å². The molecule has 6 heteroatoms. The highest BCUT2D eigenvalue weighted by Gasteiger charge is 2.28. The highest BCUT2D eigenvalue weighted by atomic mass is 32.2. The second-order valence-electron chi connectivity index (χ2n) is 8.55. The molecule has 0 spiro atoms. The van der Waals surface area contributed by atoms with Gasteiger partial charge < -0.3 is 4.98 Å². The van der Waals surface area contributed by atoms with Crippen molar-refractivity contribution in [1.29, 1.82) is 0 Å². The van der Waals surface area contributed by atoms with Gasteiger partial charge >= 0.3 is 0 Å². The lowest BCUT2D eigenvalue weighted by molar-refractivity contribution is 0.607. The number of hydrogen-bond donors (Lipinski definition) is 2. The van der Waals surface area contributed by atoms with Gasteiger partial charge in [-0.3, -0.25) is 4.72 Å². The number of benzene rings is 3. The Kier molecular flexibility index (Phi) is 5.05. The van der Waals surface area contributed by atoms with Gasteiger partial charge in [-0.25, -0.2) is 12.8 Å². The van der Waals surface area contributed by atoms with Crippen LogP contribution in [0.3, 0.4) is 0 Å². The smallest absolute Gasteiger partial charge is 0.229 e. The molecule has 5 rings (SSSR count). The van der Waals surface area contributed by atoms with E-state index < -0.39 is 10.0 Å². The maximum absolute atomic E-state index is 15.8. The minimum Gasteiger partial charge on any atom is -0.354 e. The van der Waals surface area contributed by atoms with Gasteiger partial charge in [-0.2, -0.15) is 0 Å². The molecule has 0 amide bonds. The van der Waals surface area contributed by atoms with E-state index in [0.717, 1.165) is 58.8 Å². The molecule has 3 aromatic carbocycles. The van der Waals surface area contributed by atoms with Crippen LogP contribution in [-0.2, 0) is 22.9 Å². The second-order valence-corrected chi connectivity index (χ2v) is 10.3. The van der Waals surface area contributed by atoms with Crippen LogP contribution in [0.1, 0.15) is 36.5 Å². The summed E-state index contributed by atoms with van der Waals surface area (Å²) in [6, 6.07) is 17.4. The molecular weight excluding hydrogens is 423 g/mol. The number of aromatic amines is 1. The molecule has 0 saturated heterocycles. The molecule has 1 heterocycles. The predicted molar refractivity (Wildman–Crippen MR) is 129 cm³/mol. The van der Waals surface area contributed by atoms with Gasteiger partial charge in [0.1, 0.15) is 5.82 Å².